The predicted octanol–water partition coefficient (Wildman–Crippen LogP) is 3.36. The summed E-state index contributed by atoms with van der Waals surface area (Å²) >= 11 is 0. The van der Waals surface area contributed by atoms with Crippen molar-refractivity contribution in [1.82, 2.24) is 15.0 Å². The van der Waals surface area contributed by atoms with E-state index in [1.54, 1.807) is 0 Å². The molecule has 0 aliphatic carbocycles. The summed E-state index contributed by atoms with van der Waals surface area (Å²) in [5.74, 6) is 1.97. The Bertz CT molecular complexity index is 776. The monoisotopic (exact) mass is 321 g/mol. The molecule has 0 saturated heterocycles. The minimum Gasteiger partial charge on any atom is -0.491 e. The second-order valence-corrected chi connectivity index (χ2v) is 5.40. The Hall–Kier alpha value is -2.79. The summed E-state index contributed by atoms with van der Waals surface area (Å²) in [6.45, 7) is 2.21. The van der Waals surface area contributed by atoms with Gasteiger partial charge in [-0.3, -0.25) is 0 Å². The Morgan fingerprint density at radius 3 is 2.17 bits per heavy atom. The number of rotatable bonds is 6. The van der Waals surface area contributed by atoms with E-state index in [1.807, 2.05) is 61.5 Å². The smallest absolute Gasteiger partial charge is 0.163 e. The van der Waals surface area contributed by atoms with Crippen LogP contribution in [0.15, 0.2) is 60.9 Å². The average Bonchev–Trinajstić information content (AvgIpc) is 2.67. The van der Waals surface area contributed by atoms with Crippen molar-refractivity contribution in [3.05, 3.63) is 60.9 Å². The molecule has 1 N–H and O–H groups in total. The number of aliphatic hydroxyl groups excluding tert-OH is 1. The summed E-state index contributed by atoms with van der Waals surface area (Å²) in [5, 5.41) is 9.54. The van der Waals surface area contributed by atoms with Crippen molar-refractivity contribution < 1.29 is 9.84 Å². The Kier molecular flexibility index (Phi) is 5.13. The second-order valence-electron chi connectivity index (χ2n) is 5.40. The van der Waals surface area contributed by atoms with E-state index in [1.165, 1.54) is 6.33 Å². The number of aromatic nitrogens is 3. The molecule has 0 amide bonds. The van der Waals surface area contributed by atoms with Gasteiger partial charge in [0.2, 0.25) is 0 Å². The number of hydrogen-bond acceptors (Lipinski definition) is 5. The minimum atomic E-state index is -0.443. The van der Waals surface area contributed by atoms with Gasteiger partial charge < -0.3 is 9.84 Å². The van der Waals surface area contributed by atoms with Crippen LogP contribution in [-0.4, -0.2) is 32.8 Å². The molecule has 1 aromatic heterocycles. The normalized spacial score (nSPS) is 11.9. The fraction of sp³-hybridized carbons (Fsp3) is 0.211. The fourth-order valence-electron chi connectivity index (χ4n) is 2.17. The van der Waals surface area contributed by atoms with E-state index in [0.29, 0.717) is 30.4 Å². The SMILES string of the molecule is CCC(O)COc1ccc(-c2ncnc(-c3ccccc3)n2)cc1. The highest BCUT2D eigenvalue weighted by atomic mass is 16.5. The molecule has 122 valence electrons. The first-order valence-corrected chi connectivity index (χ1v) is 7.92. The summed E-state index contributed by atoms with van der Waals surface area (Å²) < 4.78 is 5.54. The minimum absolute atomic E-state index is 0.291. The quantitative estimate of drug-likeness (QED) is 0.754. The van der Waals surface area contributed by atoms with Crippen LogP contribution in [0.1, 0.15) is 13.3 Å². The lowest BCUT2D eigenvalue weighted by atomic mass is 10.2. The molecule has 5 nitrogen and oxygen atoms in total. The third-order valence-corrected chi connectivity index (χ3v) is 3.63. The topological polar surface area (TPSA) is 68.1 Å². The van der Waals surface area contributed by atoms with Crippen molar-refractivity contribution in [3.8, 4) is 28.5 Å². The standard InChI is InChI=1S/C19H19N3O2/c1-2-16(23)12-24-17-10-8-15(9-11-17)19-21-13-20-18(22-19)14-6-4-3-5-7-14/h3-11,13,16,23H,2,12H2,1H3. The maximum absolute atomic E-state index is 9.54. The molecule has 3 aromatic rings. The molecule has 0 aliphatic heterocycles. The Labute approximate surface area is 141 Å². The molecule has 5 heteroatoms. The van der Waals surface area contributed by atoms with Gasteiger partial charge in [0.1, 0.15) is 18.7 Å². The lowest BCUT2D eigenvalue weighted by molar-refractivity contribution is 0.104. The van der Waals surface area contributed by atoms with E-state index < -0.39 is 6.10 Å². The zero-order chi connectivity index (χ0) is 16.8. The maximum Gasteiger partial charge on any atom is 0.163 e. The van der Waals surface area contributed by atoms with Crippen molar-refractivity contribution in [1.29, 1.82) is 0 Å². The van der Waals surface area contributed by atoms with Crippen molar-refractivity contribution in [2.75, 3.05) is 6.61 Å². The first-order chi connectivity index (χ1) is 11.8. The molecule has 0 fully saturated rings. The highest BCUT2D eigenvalue weighted by molar-refractivity contribution is 5.60. The number of nitrogens with zero attached hydrogens (tertiary/aromatic N) is 3. The number of hydrogen-bond donors (Lipinski definition) is 1. The first-order valence-electron chi connectivity index (χ1n) is 7.92. The molecule has 0 bridgehead atoms. The van der Waals surface area contributed by atoms with Crippen LogP contribution < -0.4 is 4.74 Å². The van der Waals surface area contributed by atoms with Gasteiger partial charge in [0.25, 0.3) is 0 Å². The summed E-state index contributed by atoms with van der Waals surface area (Å²) in [6, 6.07) is 17.3. The molecule has 3 rings (SSSR count). The first kappa shape index (κ1) is 16.1. The maximum atomic E-state index is 9.54. The van der Waals surface area contributed by atoms with Gasteiger partial charge in [0, 0.05) is 11.1 Å². The van der Waals surface area contributed by atoms with Crippen LogP contribution >= 0.6 is 0 Å². The average molecular weight is 321 g/mol. The van der Waals surface area contributed by atoms with Gasteiger partial charge in [-0.15, -0.1) is 0 Å². The van der Waals surface area contributed by atoms with Crippen molar-refractivity contribution >= 4 is 0 Å². The molecule has 1 heterocycles. The molecule has 24 heavy (non-hydrogen) atoms. The summed E-state index contributed by atoms with van der Waals surface area (Å²) in [7, 11) is 0. The summed E-state index contributed by atoms with van der Waals surface area (Å²) in [5.41, 5.74) is 1.84. The van der Waals surface area contributed by atoms with Gasteiger partial charge in [-0.25, -0.2) is 15.0 Å². The van der Waals surface area contributed by atoms with Crippen molar-refractivity contribution in [2.45, 2.75) is 19.4 Å². The molecular weight excluding hydrogens is 302 g/mol. The van der Waals surface area contributed by atoms with Crippen LogP contribution in [0.3, 0.4) is 0 Å². The van der Waals surface area contributed by atoms with Gasteiger partial charge in [0.05, 0.1) is 6.10 Å². The molecule has 0 spiro atoms. The Balaban J connectivity index is 1.77. The fourth-order valence-corrected chi connectivity index (χ4v) is 2.17. The van der Waals surface area contributed by atoms with Crippen LogP contribution in [0.2, 0.25) is 0 Å². The van der Waals surface area contributed by atoms with E-state index >= 15 is 0 Å². The van der Waals surface area contributed by atoms with Gasteiger partial charge in [-0.2, -0.15) is 0 Å². The molecule has 0 radical (unpaired) electrons. The third-order valence-electron chi connectivity index (χ3n) is 3.63. The lowest BCUT2D eigenvalue weighted by Crippen LogP contribution is -2.15. The lowest BCUT2D eigenvalue weighted by Gasteiger charge is -2.10. The number of aliphatic hydroxyl groups is 1. The second kappa shape index (κ2) is 7.66. The number of ether oxygens (including phenoxy) is 1. The van der Waals surface area contributed by atoms with Crippen LogP contribution in [0.4, 0.5) is 0 Å². The van der Waals surface area contributed by atoms with Gasteiger partial charge in [-0.05, 0) is 30.7 Å². The van der Waals surface area contributed by atoms with Crippen molar-refractivity contribution in [2.24, 2.45) is 0 Å². The molecular formula is C19H19N3O2. The van der Waals surface area contributed by atoms with E-state index in [2.05, 4.69) is 15.0 Å². The van der Waals surface area contributed by atoms with Crippen LogP contribution in [0.5, 0.6) is 5.75 Å². The van der Waals surface area contributed by atoms with E-state index in [9.17, 15) is 5.11 Å². The highest BCUT2D eigenvalue weighted by Crippen LogP contribution is 2.21. The summed E-state index contributed by atoms with van der Waals surface area (Å²) in [6.07, 6.45) is 1.75. The Morgan fingerprint density at radius 1 is 0.917 bits per heavy atom. The van der Waals surface area contributed by atoms with Crippen molar-refractivity contribution in [3.63, 3.8) is 0 Å². The van der Waals surface area contributed by atoms with Gasteiger partial charge >= 0.3 is 0 Å². The third kappa shape index (κ3) is 3.94. The molecule has 1 unspecified atom stereocenters. The van der Waals surface area contributed by atoms with Crippen LogP contribution in [-0.2, 0) is 0 Å². The summed E-state index contributed by atoms with van der Waals surface area (Å²) in [4.78, 5) is 13.0. The van der Waals surface area contributed by atoms with Gasteiger partial charge in [-0.1, -0.05) is 37.3 Å². The van der Waals surface area contributed by atoms with Crippen LogP contribution in [0, 0.1) is 0 Å². The van der Waals surface area contributed by atoms with E-state index in [-0.39, 0.29) is 0 Å². The molecule has 0 aliphatic rings. The molecule has 0 saturated carbocycles. The highest BCUT2D eigenvalue weighted by Gasteiger charge is 2.07. The van der Waals surface area contributed by atoms with E-state index in [0.717, 1.165) is 11.1 Å². The largest absolute Gasteiger partial charge is 0.491 e. The van der Waals surface area contributed by atoms with Crippen LogP contribution in [0.25, 0.3) is 22.8 Å². The predicted molar refractivity (Wildman–Crippen MR) is 92.5 cm³/mol. The zero-order valence-corrected chi connectivity index (χ0v) is 13.5. The van der Waals surface area contributed by atoms with Gasteiger partial charge in [0.15, 0.2) is 11.6 Å². The molecule has 1 atom stereocenters. The Morgan fingerprint density at radius 2 is 1.54 bits per heavy atom. The number of benzene rings is 2. The zero-order valence-electron chi connectivity index (χ0n) is 13.5. The molecule has 2 aromatic carbocycles. The van der Waals surface area contributed by atoms with E-state index in [4.69, 9.17) is 4.74 Å².